The molecule has 6 nitrogen and oxygen atoms in total. The number of nitrogens with zero attached hydrogens (tertiary/aromatic N) is 3. The topological polar surface area (TPSA) is 37.4 Å². The largest absolute Gasteiger partial charge is 0.378 e. The van der Waals surface area contributed by atoms with E-state index in [0.717, 1.165) is 64.4 Å². The lowest BCUT2D eigenvalue weighted by Crippen LogP contribution is -2.62. The zero-order valence-corrected chi connectivity index (χ0v) is 21.4. The van der Waals surface area contributed by atoms with Gasteiger partial charge in [-0.1, -0.05) is 18.6 Å². The van der Waals surface area contributed by atoms with Gasteiger partial charge >= 0.3 is 0 Å². The fourth-order valence-corrected chi connectivity index (χ4v) is 8.78. The number of ether oxygens (including phenoxy) is 3. The Morgan fingerprint density at radius 3 is 2.66 bits per heavy atom. The molecule has 32 heavy (non-hydrogen) atoms. The first-order valence-corrected chi connectivity index (χ1v) is 14.8. The highest BCUT2D eigenvalue weighted by molar-refractivity contribution is 8.67. The maximum absolute atomic E-state index is 6.60. The number of morpholine rings is 2. The molecular formula is C24H41N3O3S2. The second-order valence-corrected chi connectivity index (χ2v) is 12.8. The molecule has 0 spiro atoms. The minimum absolute atomic E-state index is 0.111. The molecule has 0 amide bonds. The number of fused-ring (bicyclic) bond motifs is 5. The van der Waals surface area contributed by atoms with Crippen LogP contribution in [0.4, 0.5) is 0 Å². The number of hydrogen-bond donors (Lipinski definition) is 1. The second-order valence-electron chi connectivity index (χ2n) is 11.6. The van der Waals surface area contributed by atoms with Gasteiger partial charge in [0.15, 0.2) is 0 Å². The van der Waals surface area contributed by atoms with E-state index in [-0.39, 0.29) is 5.60 Å². The Labute approximate surface area is 203 Å². The van der Waals surface area contributed by atoms with Crippen LogP contribution in [-0.2, 0) is 14.2 Å². The Morgan fingerprint density at radius 1 is 1.06 bits per heavy atom. The van der Waals surface area contributed by atoms with Crippen LogP contribution in [0.5, 0.6) is 0 Å². The summed E-state index contributed by atoms with van der Waals surface area (Å²) in [6.45, 7) is 13.2. The quantitative estimate of drug-likeness (QED) is 0.339. The molecule has 4 bridgehead atoms. The third-order valence-corrected chi connectivity index (χ3v) is 11.0. The summed E-state index contributed by atoms with van der Waals surface area (Å²) in [5.74, 6) is 2.19. The SMILES string of the molecule is CC(CC1CC2(C(C)CC3CN(SS)CC4COCCN43)CC1CO2)N1CC2CC(C1)O2. The molecule has 9 unspecified atom stereocenters. The van der Waals surface area contributed by atoms with Crippen molar-refractivity contribution in [3.05, 3.63) is 0 Å². The van der Waals surface area contributed by atoms with Crippen molar-refractivity contribution in [2.45, 2.75) is 81.9 Å². The van der Waals surface area contributed by atoms with Gasteiger partial charge in [0, 0.05) is 57.3 Å². The van der Waals surface area contributed by atoms with Crippen molar-refractivity contribution in [2.75, 3.05) is 52.5 Å². The molecule has 0 radical (unpaired) electrons. The zero-order valence-electron chi connectivity index (χ0n) is 19.7. The van der Waals surface area contributed by atoms with Gasteiger partial charge in [0.1, 0.15) is 0 Å². The van der Waals surface area contributed by atoms with E-state index in [0.29, 0.717) is 36.3 Å². The number of piperidine rings is 1. The van der Waals surface area contributed by atoms with Crippen LogP contribution in [-0.4, -0.2) is 103 Å². The van der Waals surface area contributed by atoms with Crippen molar-refractivity contribution in [3.63, 3.8) is 0 Å². The molecule has 0 aromatic carbocycles. The fourth-order valence-electron chi connectivity index (χ4n) is 7.90. The summed E-state index contributed by atoms with van der Waals surface area (Å²) in [4.78, 5) is 5.44. The van der Waals surface area contributed by atoms with E-state index < -0.39 is 0 Å². The Balaban J connectivity index is 1.08. The monoisotopic (exact) mass is 483 g/mol. The van der Waals surface area contributed by atoms with Gasteiger partial charge in [-0.25, -0.2) is 4.31 Å². The van der Waals surface area contributed by atoms with Crippen LogP contribution in [0.15, 0.2) is 0 Å². The van der Waals surface area contributed by atoms with Gasteiger partial charge in [0.2, 0.25) is 0 Å². The fraction of sp³-hybridized carbons (Fsp3) is 1.00. The Morgan fingerprint density at radius 2 is 1.88 bits per heavy atom. The molecule has 7 fully saturated rings. The van der Waals surface area contributed by atoms with E-state index >= 15 is 0 Å². The van der Waals surface area contributed by atoms with Crippen LogP contribution in [0.3, 0.4) is 0 Å². The summed E-state index contributed by atoms with van der Waals surface area (Å²) in [6, 6.07) is 1.78. The van der Waals surface area contributed by atoms with E-state index in [1.807, 2.05) is 0 Å². The number of rotatable bonds is 7. The van der Waals surface area contributed by atoms with Crippen LogP contribution in [0.25, 0.3) is 0 Å². The Hall–Kier alpha value is 0.460. The average molecular weight is 484 g/mol. The summed E-state index contributed by atoms with van der Waals surface area (Å²) in [5, 5.41) is 0. The lowest BCUT2D eigenvalue weighted by molar-refractivity contribution is -0.188. The summed E-state index contributed by atoms with van der Waals surface area (Å²) in [6.07, 6.45) is 7.43. The zero-order chi connectivity index (χ0) is 21.9. The van der Waals surface area contributed by atoms with E-state index in [1.54, 1.807) is 11.0 Å². The molecule has 6 aliphatic heterocycles. The van der Waals surface area contributed by atoms with E-state index in [2.05, 4.69) is 39.6 Å². The molecular weight excluding hydrogens is 442 g/mol. The number of thiol groups is 1. The molecule has 1 aliphatic carbocycles. The molecule has 6 heterocycles. The first-order chi connectivity index (χ1) is 15.5. The molecule has 1 saturated carbocycles. The summed E-state index contributed by atoms with van der Waals surface area (Å²) in [7, 11) is 1.60. The smallest absolute Gasteiger partial charge is 0.0731 e. The van der Waals surface area contributed by atoms with Gasteiger partial charge in [-0.05, 0) is 61.3 Å². The lowest BCUT2D eigenvalue weighted by Gasteiger charge is -2.50. The maximum Gasteiger partial charge on any atom is 0.0731 e. The highest BCUT2D eigenvalue weighted by Crippen LogP contribution is 2.54. The molecule has 8 heteroatoms. The molecule has 7 rings (SSSR count). The first kappa shape index (κ1) is 22.9. The second kappa shape index (κ2) is 9.16. The van der Waals surface area contributed by atoms with Gasteiger partial charge in [-0.3, -0.25) is 9.80 Å². The van der Waals surface area contributed by atoms with Crippen molar-refractivity contribution in [2.24, 2.45) is 17.8 Å². The number of hydrogen-bond acceptors (Lipinski definition) is 8. The third kappa shape index (κ3) is 4.19. The van der Waals surface area contributed by atoms with Crippen LogP contribution in [0.1, 0.15) is 46.0 Å². The molecule has 0 aromatic heterocycles. The van der Waals surface area contributed by atoms with Crippen LogP contribution in [0.2, 0.25) is 0 Å². The minimum atomic E-state index is 0.111. The number of piperazine rings is 1. The lowest BCUT2D eigenvalue weighted by atomic mass is 9.80. The van der Waals surface area contributed by atoms with Crippen molar-refractivity contribution < 1.29 is 14.2 Å². The normalized spacial score (nSPS) is 46.6. The summed E-state index contributed by atoms with van der Waals surface area (Å²) in [5.41, 5.74) is 0.111. The van der Waals surface area contributed by atoms with Crippen LogP contribution >= 0.6 is 22.6 Å². The van der Waals surface area contributed by atoms with Crippen LogP contribution < -0.4 is 0 Å². The van der Waals surface area contributed by atoms with E-state index in [4.69, 9.17) is 14.2 Å². The van der Waals surface area contributed by atoms with Crippen molar-refractivity contribution >= 4 is 22.6 Å². The van der Waals surface area contributed by atoms with Gasteiger partial charge in [-0.2, -0.15) is 0 Å². The highest BCUT2D eigenvalue weighted by Gasteiger charge is 2.55. The molecule has 182 valence electrons. The third-order valence-electron chi connectivity index (χ3n) is 9.73. The molecule has 6 saturated heterocycles. The van der Waals surface area contributed by atoms with Gasteiger partial charge in [0.25, 0.3) is 0 Å². The van der Waals surface area contributed by atoms with E-state index in [9.17, 15) is 0 Å². The predicted octanol–water partition coefficient (Wildman–Crippen LogP) is 2.94. The van der Waals surface area contributed by atoms with Crippen LogP contribution in [0, 0.1) is 17.8 Å². The van der Waals surface area contributed by atoms with Gasteiger partial charge < -0.3 is 14.2 Å². The molecule has 9 atom stereocenters. The molecule has 0 aromatic rings. The minimum Gasteiger partial charge on any atom is -0.378 e. The van der Waals surface area contributed by atoms with Crippen molar-refractivity contribution in [1.29, 1.82) is 0 Å². The summed E-state index contributed by atoms with van der Waals surface area (Å²) >= 11 is 4.52. The standard InChI is InChI=1S/C24H41N3O3S2/c1-16(5-20-10-26(32-31)11-21-15-28-4-3-27(20)21)24-8-18(19(9-24)14-29-24)6-17(2)25-12-22-7-23(13-25)30-22/h16-23,31H,3-15H2,1-2H3. The van der Waals surface area contributed by atoms with Crippen molar-refractivity contribution in [1.82, 2.24) is 14.1 Å². The highest BCUT2D eigenvalue weighted by atomic mass is 33.1. The maximum atomic E-state index is 6.60. The average Bonchev–Trinajstić information content (AvgIpc) is 3.38. The Bertz CT molecular complexity index is 673. The molecule has 7 aliphatic rings. The van der Waals surface area contributed by atoms with Crippen molar-refractivity contribution in [3.8, 4) is 0 Å². The molecule has 0 N–H and O–H groups in total. The first-order valence-electron chi connectivity index (χ1n) is 13.0. The summed E-state index contributed by atoms with van der Waals surface area (Å²) < 4.78 is 20.7. The van der Waals surface area contributed by atoms with Gasteiger partial charge in [-0.15, -0.1) is 0 Å². The van der Waals surface area contributed by atoms with Gasteiger partial charge in [0.05, 0.1) is 37.6 Å². The predicted molar refractivity (Wildman–Crippen MR) is 131 cm³/mol. The Kier molecular flexibility index (Phi) is 6.55. The van der Waals surface area contributed by atoms with E-state index in [1.165, 1.54) is 32.1 Å².